The maximum Gasteiger partial charge on any atom is 0.00815 e. The third-order valence-corrected chi connectivity index (χ3v) is 2.97. The lowest BCUT2D eigenvalue weighted by Gasteiger charge is -2.17. The van der Waals surface area contributed by atoms with Gasteiger partial charge in [-0.15, -0.1) is 0 Å². The minimum Gasteiger partial charge on any atom is -0.312 e. The summed E-state index contributed by atoms with van der Waals surface area (Å²) in [5.74, 6) is 0. The standard InChI is InChI=1S/C16H21N/c1-12(2)17-13(3)10-14-8-9-15-6-4-5-7-16(15)11-14/h4-9,11-13,17H,10H2,1-3H3. The smallest absolute Gasteiger partial charge is 0.00815 e. The quantitative estimate of drug-likeness (QED) is 0.838. The van der Waals surface area contributed by atoms with E-state index in [9.17, 15) is 0 Å². The lowest BCUT2D eigenvalue weighted by molar-refractivity contribution is 0.488. The Kier molecular flexibility index (Phi) is 3.80. The van der Waals surface area contributed by atoms with E-state index in [4.69, 9.17) is 0 Å². The van der Waals surface area contributed by atoms with Gasteiger partial charge in [0.1, 0.15) is 0 Å². The lowest BCUT2D eigenvalue weighted by Crippen LogP contribution is -2.33. The molecular weight excluding hydrogens is 206 g/mol. The third-order valence-electron chi connectivity index (χ3n) is 2.97. The zero-order valence-electron chi connectivity index (χ0n) is 10.9. The molecule has 0 spiro atoms. The first kappa shape index (κ1) is 12.1. The molecule has 0 heterocycles. The van der Waals surface area contributed by atoms with E-state index in [0.29, 0.717) is 12.1 Å². The van der Waals surface area contributed by atoms with Crippen LogP contribution in [0.4, 0.5) is 0 Å². The molecule has 2 aromatic carbocycles. The molecule has 1 heteroatoms. The van der Waals surface area contributed by atoms with E-state index in [2.05, 4.69) is 68.6 Å². The Morgan fingerprint density at radius 1 is 0.941 bits per heavy atom. The summed E-state index contributed by atoms with van der Waals surface area (Å²) in [6.07, 6.45) is 1.09. The van der Waals surface area contributed by atoms with Gasteiger partial charge in [-0.25, -0.2) is 0 Å². The molecule has 0 aliphatic heterocycles. The molecule has 0 bridgehead atoms. The molecule has 0 aliphatic carbocycles. The van der Waals surface area contributed by atoms with Crippen molar-refractivity contribution in [3.8, 4) is 0 Å². The van der Waals surface area contributed by atoms with Crippen LogP contribution in [0.5, 0.6) is 0 Å². The molecule has 1 unspecified atom stereocenters. The average molecular weight is 227 g/mol. The largest absolute Gasteiger partial charge is 0.312 e. The minimum absolute atomic E-state index is 0.524. The second kappa shape index (κ2) is 5.33. The van der Waals surface area contributed by atoms with Gasteiger partial charge in [-0.2, -0.15) is 0 Å². The molecular formula is C16H21N. The molecule has 0 aliphatic rings. The molecule has 1 atom stereocenters. The number of benzene rings is 2. The fourth-order valence-electron chi connectivity index (χ4n) is 2.35. The Morgan fingerprint density at radius 2 is 1.65 bits per heavy atom. The van der Waals surface area contributed by atoms with Crippen molar-refractivity contribution in [3.05, 3.63) is 48.0 Å². The van der Waals surface area contributed by atoms with Crippen LogP contribution in [0.1, 0.15) is 26.3 Å². The molecule has 0 aromatic heterocycles. The molecule has 0 amide bonds. The summed E-state index contributed by atoms with van der Waals surface area (Å²) in [5, 5.41) is 6.19. The van der Waals surface area contributed by atoms with Crippen LogP contribution in [0, 0.1) is 0 Å². The van der Waals surface area contributed by atoms with E-state index in [0.717, 1.165) is 6.42 Å². The summed E-state index contributed by atoms with van der Waals surface area (Å²) in [4.78, 5) is 0. The highest BCUT2D eigenvalue weighted by Crippen LogP contribution is 2.16. The summed E-state index contributed by atoms with van der Waals surface area (Å²) in [6, 6.07) is 16.4. The molecule has 2 rings (SSSR count). The molecule has 1 N–H and O–H groups in total. The van der Waals surface area contributed by atoms with E-state index in [1.165, 1.54) is 16.3 Å². The number of rotatable bonds is 4. The Bertz CT molecular complexity index is 488. The highest BCUT2D eigenvalue weighted by atomic mass is 14.9. The van der Waals surface area contributed by atoms with Crippen LogP contribution in [0.2, 0.25) is 0 Å². The first-order chi connectivity index (χ1) is 8.15. The van der Waals surface area contributed by atoms with Gasteiger partial charge >= 0.3 is 0 Å². The Labute approximate surface area is 104 Å². The predicted molar refractivity (Wildman–Crippen MR) is 75.4 cm³/mol. The molecule has 2 aromatic rings. The third kappa shape index (κ3) is 3.31. The number of nitrogens with one attached hydrogen (secondary N) is 1. The number of fused-ring (bicyclic) bond motifs is 1. The van der Waals surface area contributed by atoms with Gasteiger partial charge < -0.3 is 5.32 Å². The van der Waals surface area contributed by atoms with E-state index < -0.39 is 0 Å². The van der Waals surface area contributed by atoms with Crippen molar-refractivity contribution in [3.63, 3.8) is 0 Å². The van der Waals surface area contributed by atoms with Crippen LogP contribution in [0.3, 0.4) is 0 Å². The monoisotopic (exact) mass is 227 g/mol. The topological polar surface area (TPSA) is 12.0 Å². The van der Waals surface area contributed by atoms with Crippen LogP contribution in [0.15, 0.2) is 42.5 Å². The van der Waals surface area contributed by atoms with Gasteiger partial charge in [0.2, 0.25) is 0 Å². The van der Waals surface area contributed by atoms with Gasteiger partial charge in [-0.05, 0) is 29.7 Å². The van der Waals surface area contributed by atoms with Crippen molar-refractivity contribution in [2.75, 3.05) is 0 Å². The van der Waals surface area contributed by atoms with Gasteiger partial charge in [0, 0.05) is 12.1 Å². The van der Waals surface area contributed by atoms with E-state index in [1.807, 2.05) is 0 Å². The van der Waals surface area contributed by atoms with Crippen molar-refractivity contribution < 1.29 is 0 Å². The predicted octanol–water partition coefficient (Wildman–Crippen LogP) is 3.77. The summed E-state index contributed by atoms with van der Waals surface area (Å²) in [5.41, 5.74) is 1.41. The summed E-state index contributed by atoms with van der Waals surface area (Å²) in [7, 11) is 0. The molecule has 17 heavy (non-hydrogen) atoms. The van der Waals surface area contributed by atoms with Gasteiger partial charge in [-0.1, -0.05) is 56.3 Å². The molecule has 0 fully saturated rings. The number of hydrogen-bond donors (Lipinski definition) is 1. The fraction of sp³-hybridized carbons (Fsp3) is 0.375. The first-order valence-corrected chi connectivity index (χ1v) is 6.39. The normalized spacial score (nSPS) is 13.2. The maximum absolute atomic E-state index is 3.54. The summed E-state index contributed by atoms with van der Waals surface area (Å²) < 4.78 is 0. The summed E-state index contributed by atoms with van der Waals surface area (Å²) >= 11 is 0. The molecule has 90 valence electrons. The fourth-order valence-corrected chi connectivity index (χ4v) is 2.35. The second-order valence-electron chi connectivity index (χ2n) is 5.11. The van der Waals surface area contributed by atoms with Gasteiger partial charge in [-0.3, -0.25) is 0 Å². The van der Waals surface area contributed by atoms with Crippen molar-refractivity contribution in [1.82, 2.24) is 5.32 Å². The van der Waals surface area contributed by atoms with Crippen molar-refractivity contribution in [1.29, 1.82) is 0 Å². The van der Waals surface area contributed by atoms with Gasteiger partial charge in [0.25, 0.3) is 0 Å². The van der Waals surface area contributed by atoms with E-state index in [1.54, 1.807) is 0 Å². The van der Waals surface area contributed by atoms with Gasteiger partial charge in [0.15, 0.2) is 0 Å². The molecule has 0 saturated carbocycles. The Balaban J connectivity index is 2.14. The zero-order chi connectivity index (χ0) is 12.3. The minimum atomic E-state index is 0.524. The summed E-state index contributed by atoms with van der Waals surface area (Å²) in [6.45, 7) is 6.63. The molecule has 0 radical (unpaired) electrons. The van der Waals surface area contributed by atoms with E-state index >= 15 is 0 Å². The van der Waals surface area contributed by atoms with Crippen LogP contribution in [0.25, 0.3) is 10.8 Å². The zero-order valence-corrected chi connectivity index (χ0v) is 10.9. The maximum atomic E-state index is 3.54. The van der Waals surface area contributed by atoms with Crippen LogP contribution >= 0.6 is 0 Å². The van der Waals surface area contributed by atoms with E-state index in [-0.39, 0.29) is 0 Å². The van der Waals surface area contributed by atoms with Crippen LogP contribution in [-0.2, 0) is 6.42 Å². The van der Waals surface area contributed by atoms with Crippen LogP contribution < -0.4 is 5.32 Å². The Morgan fingerprint density at radius 3 is 2.35 bits per heavy atom. The van der Waals surface area contributed by atoms with Crippen molar-refractivity contribution in [2.45, 2.75) is 39.3 Å². The molecule has 1 nitrogen and oxygen atoms in total. The van der Waals surface area contributed by atoms with Gasteiger partial charge in [0.05, 0.1) is 0 Å². The average Bonchev–Trinajstić information content (AvgIpc) is 2.27. The van der Waals surface area contributed by atoms with Crippen molar-refractivity contribution >= 4 is 10.8 Å². The number of hydrogen-bond acceptors (Lipinski definition) is 1. The Hall–Kier alpha value is -1.34. The SMILES string of the molecule is CC(C)NC(C)Cc1ccc2ccccc2c1. The highest BCUT2D eigenvalue weighted by molar-refractivity contribution is 5.82. The second-order valence-corrected chi connectivity index (χ2v) is 5.11. The molecule has 0 saturated heterocycles. The van der Waals surface area contributed by atoms with Crippen molar-refractivity contribution in [2.24, 2.45) is 0 Å². The van der Waals surface area contributed by atoms with Crippen LogP contribution in [-0.4, -0.2) is 12.1 Å². The highest BCUT2D eigenvalue weighted by Gasteiger charge is 2.05. The lowest BCUT2D eigenvalue weighted by atomic mass is 10.0. The first-order valence-electron chi connectivity index (χ1n) is 6.39.